The van der Waals surface area contributed by atoms with E-state index in [0.717, 1.165) is 12.8 Å². The molecule has 31 heavy (non-hydrogen) atoms. The maximum atomic E-state index is 9.85. The fourth-order valence-corrected chi connectivity index (χ4v) is 4.14. The van der Waals surface area contributed by atoms with Gasteiger partial charge in [0.1, 0.15) is 24.4 Å². The molecule has 5 nitrogen and oxygen atoms in total. The van der Waals surface area contributed by atoms with Crippen LogP contribution in [0.1, 0.15) is 110 Å². The van der Waals surface area contributed by atoms with Crippen molar-refractivity contribution in [3.05, 3.63) is 12.2 Å². The van der Waals surface area contributed by atoms with Gasteiger partial charge in [-0.3, -0.25) is 0 Å². The van der Waals surface area contributed by atoms with Gasteiger partial charge in [-0.25, -0.2) is 0 Å². The number of aliphatic hydroxyl groups excluding tert-OH is 3. The van der Waals surface area contributed by atoms with Gasteiger partial charge in [0.05, 0.1) is 13.2 Å². The van der Waals surface area contributed by atoms with Gasteiger partial charge in [0.25, 0.3) is 0 Å². The maximum Gasteiger partial charge on any atom is 0.114 e. The maximum absolute atomic E-state index is 9.85. The Hall–Kier alpha value is -0.460. The molecule has 0 aromatic carbocycles. The number of rotatable bonds is 21. The molecule has 4 atom stereocenters. The first-order valence-corrected chi connectivity index (χ1v) is 13.1. The van der Waals surface area contributed by atoms with Crippen molar-refractivity contribution >= 4 is 0 Å². The minimum Gasteiger partial charge on any atom is -0.394 e. The second-order valence-corrected chi connectivity index (χ2v) is 9.09. The first kappa shape index (κ1) is 28.6. The predicted octanol–water partition coefficient (Wildman–Crippen LogP) is 5.30. The van der Waals surface area contributed by atoms with Crippen LogP contribution < -0.4 is 0 Å². The Morgan fingerprint density at radius 1 is 0.806 bits per heavy atom. The van der Waals surface area contributed by atoms with Gasteiger partial charge in [-0.15, -0.1) is 0 Å². The standard InChI is InChI=1S/C26H50O5/c1-2-3-4-5-6-7-8-9-10-11-12-13-14-15-16-17-18-19-20-30-24(21-27)26-25(29)23(28)22-31-26/h7-8,23-29H,2-6,9-22H2,1H3/b8-7+/t23-,24+,25+,26+/m1/s1. The first-order chi connectivity index (χ1) is 15.2. The zero-order valence-electron chi connectivity index (χ0n) is 20.1. The average Bonchev–Trinajstić information content (AvgIpc) is 3.11. The molecule has 5 heteroatoms. The second-order valence-electron chi connectivity index (χ2n) is 9.09. The molecule has 0 aliphatic carbocycles. The Kier molecular flexibility index (Phi) is 18.6. The molecule has 3 N–H and O–H groups in total. The summed E-state index contributed by atoms with van der Waals surface area (Å²) in [5, 5.41) is 28.8. The average molecular weight is 443 g/mol. The highest BCUT2D eigenvalue weighted by molar-refractivity contribution is 4.88. The molecule has 1 fully saturated rings. The third kappa shape index (κ3) is 14.3. The second kappa shape index (κ2) is 20.2. The van der Waals surface area contributed by atoms with Crippen LogP contribution >= 0.6 is 0 Å². The quantitative estimate of drug-likeness (QED) is 0.166. The number of hydrogen-bond acceptors (Lipinski definition) is 5. The highest BCUT2D eigenvalue weighted by Gasteiger charge is 2.40. The van der Waals surface area contributed by atoms with Crippen molar-refractivity contribution in [2.75, 3.05) is 19.8 Å². The molecule has 1 aliphatic rings. The fourth-order valence-electron chi connectivity index (χ4n) is 4.14. The molecular weight excluding hydrogens is 392 g/mol. The van der Waals surface area contributed by atoms with E-state index in [1.807, 2.05) is 0 Å². The van der Waals surface area contributed by atoms with Crippen molar-refractivity contribution < 1.29 is 24.8 Å². The van der Waals surface area contributed by atoms with Crippen LogP contribution in [-0.4, -0.2) is 59.6 Å². The lowest BCUT2D eigenvalue weighted by molar-refractivity contribution is -0.101. The van der Waals surface area contributed by atoms with E-state index in [1.165, 1.54) is 89.9 Å². The summed E-state index contributed by atoms with van der Waals surface area (Å²) in [6, 6.07) is 0. The molecule has 1 saturated heterocycles. The van der Waals surface area contributed by atoms with Gasteiger partial charge in [-0.1, -0.05) is 89.7 Å². The third-order valence-corrected chi connectivity index (χ3v) is 6.22. The van der Waals surface area contributed by atoms with Gasteiger partial charge in [0.15, 0.2) is 0 Å². The SMILES string of the molecule is CCCCCC/C=C/CCCCCCCCCCCCO[C@@H](CO)[C@@H]1OC[C@@H](O)[C@@H]1O. The summed E-state index contributed by atoms with van der Waals surface area (Å²) in [6.45, 7) is 2.71. The van der Waals surface area contributed by atoms with E-state index < -0.39 is 24.4 Å². The van der Waals surface area contributed by atoms with Crippen molar-refractivity contribution in [2.45, 2.75) is 134 Å². The van der Waals surface area contributed by atoms with Crippen molar-refractivity contribution in [1.29, 1.82) is 0 Å². The lowest BCUT2D eigenvalue weighted by atomic mass is 10.1. The van der Waals surface area contributed by atoms with Crippen LogP contribution in [0.5, 0.6) is 0 Å². The smallest absolute Gasteiger partial charge is 0.114 e. The monoisotopic (exact) mass is 442 g/mol. The highest BCUT2D eigenvalue weighted by Crippen LogP contribution is 2.20. The third-order valence-electron chi connectivity index (χ3n) is 6.22. The summed E-state index contributed by atoms with van der Waals surface area (Å²) in [5.74, 6) is 0. The zero-order valence-corrected chi connectivity index (χ0v) is 20.1. The summed E-state index contributed by atoms with van der Waals surface area (Å²) in [4.78, 5) is 0. The Bertz CT molecular complexity index is 415. The number of hydrogen-bond donors (Lipinski definition) is 3. The summed E-state index contributed by atoms with van der Waals surface area (Å²) < 4.78 is 11.0. The zero-order chi connectivity index (χ0) is 22.6. The minimum absolute atomic E-state index is 0.0991. The molecule has 1 heterocycles. The van der Waals surface area contributed by atoms with Crippen molar-refractivity contribution in [3.8, 4) is 0 Å². The molecule has 1 aliphatic heterocycles. The Balaban J connectivity index is 1.81. The number of allylic oxidation sites excluding steroid dienone is 2. The molecule has 0 aromatic heterocycles. The van der Waals surface area contributed by atoms with Gasteiger partial charge in [-0.05, 0) is 32.1 Å². The molecule has 0 bridgehead atoms. The number of ether oxygens (including phenoxy) is 2. The minimum atomic E-state index is -0.978. The van der Waals surface area contributed by atoms with Crippen molar-refractivity contribution in [3.63, 3.8) is 0 Å². The van der Waals surface area contributed by atoms with Crippen LogP contribution in [0.15, 0.2) is 12.2 Å². The van der Waals surface area contributed by atoms with Gasteiger partial charge in [0.2, 0.25) is 0 Å². The summed E-state index contributed by atoms with van der Waals surface area (Å²) in [6.07, 6.45) is 22.3. The fraction of sp³-hybridized carbons (Fsp3) is 0.923. The van der Waals surface area contributed by atoms with Gasteiger partial charge in [-0.2, -0.15) is 0 Å². The molecular formula is C26H50O5. The van der Waals surface area contributed by atoms with E-state index in [1.54, 1.807) is 0 Å². The van der Waals surface area contributed by atoms with E-state index in [4.69, 9.17) is 9.47 Å². The van der Waals surface area contributed by atoms with Gasteiger partial charge >= 0.3 is 0 Å². The van der Waals surface area contributed by atoms with E-state index in [2.05, 4.69) is 19.1 Å². The van der Waals surface area contributed by atoms with Crippen molar-refractivity contribution in [2.24, 2.45) is 0 Å². The van der Waals surface area contributed by atoms with E-state index in [0.29, 0.717) is 6.61 Å². The molecule has 0 aromatic rings. The molecule has 0 amide bonds. The Labute approximate surface area is 191 Å². The Morgan fingerprint density at radius 2 is 1.32 bits per heavy atom. The Morgan fingerprint density at radius 3 is 1.81 bits per heavy atom. The van der Waals surface area contributed by atoms with E-state index in [-0.39, 0.29) is 13.2 Å². The van der Waals surface area contributed by atoms with Gasteiger partial charge < -0.3 is 24.8 Å². The van der Waals surface area contributed by atoms with E-state index >= 15 is 0 Å². The topological polar surface area (TPSA) is 79.2 Å². The first-order valence-electron chi connectivity index (χ1n) is 13.1. The number of aliphatic hydroxyl groups is 3. The number of unbranched alkanes of at least 4 members (excludes halogenated alkanes) is 14. The van der Waals surface area contributed by atoms with Crippen LogP contribution in [0, 0.1) is 0 Å². The normalized spacial score (nSPS) is 22.5. The summed E-state index contributed by atoms with van der Waals surface area (Å²) in [7, 11) is 0. The van der Waals surface area contributed by atoms with Gasteiger partial charge in [0, 0.05) is 6.61 Å². The van der Waals surface area contributed by atoms with Crippen LogP contribution in [0.25, 0.3) is 0 Å². The van der Waals surface area contributed by atoms with Crippen molar-refractivity contribution in [1.82, 2.24) is 0 Å². The van der Waals surface area contributed by atoms with Crippen LogP contribution in [0.4, 0.5) is 0 Å². The largest absolute Gasteiger partial charge is 0.394 e. The summed E-state index contributed by atoms with van der Waals surface area (Å²) in [5.41, 5.74) is 0. The molecule has 0 unspecified atom stereocenters. The lowest BCUT2D eigenvalue weighted by Crippen LogP contribution is -2.42. The lowest BCUT2D eigenvalue weighted by Gasteiger charge is -2.24. The van der Waals surface area contributed by atoms with Crippen LogP contribution in [0.3, 0.4) is 0 Å². The summed E-state index contributed by atoms with van der Waals surface area (Å²) >= 11 is 0. The van der Waals surface area contributed by atoms with E-state index in [9.17, 15) is 15.3 Å². The molecule has 0 spiro atoms. The molecule has 0 saturated carbocycles. The van der Waals surface area contributed by atoms with Crippen LogP contribution in [-0.2, 0) is 9.47 Å². The van der Waals surface area contributed by atoms with Crippen LogP contribution in [0.2, 0.25) is 0 Å². The highest BCUT2D eigenvalue weighted by atomic mass is 16.6. The molecule has 184 valence electrons. The molecule has 0 radical (unpaired) electrons. The molecule has 1 rings (SSSR count). The predicted molar refractivity (Wildman–Crippen MR) is 127 cm³/mol.